The zero-order valence-corrected chi connectivity index (χ0v) is 8.87. The third-order valence-electron chi connectivity index (χ3n) is 0.531. The van der Waals surface area contributed by atoms with Gasteiger partial charge in [0.15, 0.2) is 0 Å². The van der Waals surface area contributed by atoms with Crippen LogP contribution in [0.4, 0.5) is 0 Å². The van der Waals surface area contributed by atoms with E-state index in [4.69, 9.17) is 5.73 Å². The van der Waals surface area contributed by atoms with E-state index in [9.17, 15) is 9.59 Å². The van der Waals surface area contributed by atoms with Crippen molar-refractivity contribution in [2.24, 2.45) is 17.2 Å². The van der Waals surface area contributed by atoms with E-state index in [0.29, 0.717) is 6.54 Å². The van der Waals surface area contributed by atoms with Crippen LogP contribution in [0.15, 0.2) is 25.3 Å². The number of carbonyl (C=O) groups excluding carboxylic acids is 2. The predicted molar refractivity (Wildman–Crippen MR) is 61.7 cm³/mol. The van der Waals surface area contributed by atoms with Crippen LogP contribution < -0.4 is 17.2 Å². The molecule has 0 aliphatic carbocycles. The van der Waals surface area contributed by atoms with Crippen molar-refractivity contribution in [2.75, 3.05) is 12.3 Å². The Bertz CT molecular complexity index is 163. The van der Waals surface area contributed by atoms with Gasteiger partial charge in [-0.3, -0.25) is 9.59 Å². The highest BCUT2D eigenvalue weighted by molar-refractivity contribution is 7.80. The van der Waals surface area contributed by atoms with Crippen molar-refractivity contribution in [1.29, 1.82) is 0 Å². The summed E-state index contributed by atoms with van der Waals surface area (Å²) < 4.78 is 0. The van der Waals surface area contributed by atoms with Crippen LogP contribution in [0.1, 0.15) is 0 Å². The summed E-state index contributed by atoms with van der Waals surface area (Å²) >= 11 is 3.80. The van der Waals surface area contributed by atoms with Gasteiger partial charge in [0.05, 0.1) is 0 Å². The molecule has 6 heteroatoms. The fraction of sp³-hybridized carbons (Fsp3) is 0.250. The molecule has 0 atom stereocenters. The van der Waals surface area contributed by atoms with Crippen LogP contribution in [0.25, 0.3) is 0 Å². The number of amides is 2. The lowest BCUT2D eigenvalue weighted by Crippen LogP contribution is -2.04. The van der Waals surface area contributed by atoms with Crippen molar-refractivity contribution in [2.45, 2.75) is 0 Å². The van der Waals surface area contributed by atoms with Crippen molar-refractivity contribution in [1.82, 2.24) is 0 Å². The van der Waals surface area contributed by atoms with Gasteiger partial charge in [-0.1, -0.05) is 13.2 Å². The molecule has 0 aromatic heterocycles. The standard InChI is InChI=1S/2C3H5NO.C2H7NS/c2*1-2-3(4)5;3-1-2-4/h2*2H,1H2,(H2,4,5);4H,1-3H2. The van der Waals surface area contributed by atoms with Crippen molar-refractivity contribution in [3.63, 3.8) is 0 Å². The highest BCUT2D eigenvalue weighted by Gasteiger charge is 1.70. The molecule has 0 aromatic carbocycles. The lowest BCUT2D eigenvalue weighted by atomic mass is 10.6. The number of rotatable bonds is 3. The molecule has 0 radical (unpaired) electrons. The Labute approximate surface area is 89.4 Å². The molecule has 0 fully saturated rings. The molecule has 0 aliphatic heterocycles. The van der Waals surface area contributed by atoms with Crippen molar-refractivity contribution >= 4 is 24.4 Å². The van der Waals surface area contributed by atoms with E-state index in [1.54, 1.807) is 0 Å². The fourth-order valence-corrected chi connectivity index (χ4v) is 0. The molecule has 0 heterocycles. The van der Waals surface area contributed by atoms with Crippen LogP contribution in [-0.2, 0) is 9.59 Å². The fourth-order valence-electron chi connectivity index (χ4n) is 0. The molecule has 2 amide bonds. The van der Waals surface area contributed by atoms with Gasteiger partial charge in [0, 0.05) is 12.3 Å². The molecule has 0 unspecified atom stereocenters. The van der Waals surface area contributed by atoms with Gasteiger partial charge in [0.1, 0.15) is 0 Å². The van der Waals surface area contributed by atoms with Gasteiger partial charge < -0.3 is 17.2 Å². The highest BCUT2D eigenvalue weighted by atomic mass is 32.1. The van der Waals surface area contributed by atoms with Gasteiger partial charge in [-0.15, -0.1) is 0 Å². The van der Waals surface area contributed by atoms with Crippen LogP contribution >= 0.6 is 12.6 Å². The summed E-state index contributed by atoms with van der Waals surface area (Å²) in [6.07, 6.45) is 2.11. The summed E-state index contributed by atoms with van der Waals surface area (Å²) in [6.45, 7) is 6.85. The van der Waals surface area contributed by atoms with Crippen LogP contribution in [-0.4, -0.2) is 24.1 Å². The molecule has 0 saturated heterocycles. The minimum absolute atomic E-state index is 0.481. The Morgan fingerprint density at radius 3 is 1.29 bits per heavy atom. The van der Waals surface area contributed by atoms with Gasteiger partial charge in [-0.05, 0) is 12.2 Å². The maximum atomic E-state index is 9.47. The monoisotopic (exact) mass is 219 g/mol. The van der Waals surface area contributed by atoms with E-state index in [-0.39, 0.29) is 0 Å². The maximum Gasteiger partial charge on any atom is 0.240 e. The lowest BCUT2D eigenvalue weighted by Gasteiger charge is -1.69. The van der Waals surface area contributed by atoms with E-state index in [1.807, 2.05) is 0 Å². The van der Waals surface area contributed by atoms with E-state index >= 15 is 0 Å². The number of hydrogen-bond donors (Lipinski definition) is 4. The second-order valence-corrected chi connectivity index (χ2v) is 2.17. The van der Waals surface area contributed by atoms with E-state index in [2.05, 4.69) is 37.3 Å². The molecule has 0 aliphatic rings. The minimum atomic E-state index is -0.481. The Balaban J connectivity index is -0.000000131. The number of primary amides is 2. The quantitative estimate of drug-likeness (QED) is 0.368. The van der Waals surface area contributed by atoms with Crippen molar-refractivity contribution < 1.29 is 9.59 Å². The summed E-state index contributed by atoms with van der Waals surface area (Å²) in [5, 5.41) is 0. The Morgan fingerprint density at radius 2 is 1.29 bits per heavy atom. The average Bonchev–Trinajstić information content (AvgIpc) is 2.19. The summed E-state index contributed by atoms with van der Waals surface area (Å²) in [4.78, 5) is 18.9. The van der Waals surface area contributed by atoms with Gasteiger partial charge in [0.25, 0.3) is 0 Å². The first-order chi connectivity index (χ1) is 6.45. The number of nitrogens with two attached hydrogens (primary N) is 3. The molecule has 0 aromatic rings. The number of carbonyl (C=O) groups is 2. The first-order valence-corrected chi connectivity index (χ1v) is 4.24. The molecule has 0 bridgehead atoms. The Hall–Kier alpha value is -1.27. The van der Waals surface area contributed by atoms with Gasteiger partial charge in [0.2, 0.25) is 11.8 Å². The summed E-state index contributed by atoms with van der Waals surface area (Å²) in [7, 11) is 0. The minimum Gasteiger partial charge on any atom is -0.366 e. The summed E-state index contributed by atoms with van der Waals surface area (Å²) in [5.41, 5.74) is 14.0. The average molecular weight is 219 g/mol. The molecule has 82 valence electrons. The molecule has 0 spiro atoms. The predicted octanol–water partition coefficient (Wildman–Crippen LogP) is -0.810. The topological polar surface area (TPSA) is 112 Å². The molecular formula is C8H17N3O2S. The first kappa shape index (κ1) is 18.5. The van der Waals surface area contributed by atoms with Gasteiger partial charge >= 0.3 is 0 Å². The molecular weight excluding hydrogens is 202 g/mol. The molecule has 14 heavy (non-hydrogen) atoms. The zero-order valence-electron chi connectivity index (χ0n) is 7.98. The third-order valence-corrected chi connectivity index (χ3v) is 0.790. The molecule has 6 N–H and O–H groups in total. The van der Waals surface area contributed by atoms with Gasteiger partial charge in [-0.25, -0.2) is 0 Å². The molecule has 5 nitrogen and oxygen atoms in total. The van der Waals surface area contributed by atoms with Crippen LogP contribution in [0, 0.1) is 0 Å². The number of hydrogen-bond acceptors (Lipinski definition) is 4. The van der Waals surface area contributed by atoms with Crippen LogP contribution in [0.3, 0.4) is 0 Å². The number of thiol groups is 1. The molecule has 0 rings (SSSR count). The highest BCUT2D eigenvalue weighted by Crippen LogP contribution is 1.58. The largest absolute Gasteiger partial charge is 0.366 e. The Kier molecular flexibility index (Phi) is 23.4. The van der Waals surface area contributed by atoms with Crippen LogP contribution in [0.5, 0.6) is 0 Å². The summed E-state index contributed by atoms with van der Waals surface area (Å²) in [5.74, 6) is -0.171. The lowest BCUT2D eigenvalue weighted by molar-refractivity contribution is -0.114. The molecule has 0 saturated carbocycles. The van der Waals surface area contributed by atoms with E-state index < -0.39 is 11.8 Å². The summed E-state index contributed by atoms with van der Waals surface area (Å²) in [6, 6.07) is 0. The second kappa shape index (κ2) is 17.7. The smallest absolute Gasteiger partial charge is 0.240 e. The van der Waals surface area contributed by atoms with Crippen molar-refractivity contribution in [3.05, 3.63) is 25.3 Å². The van der Waals surface area contributed by atoms with Gasteiger partial charge in [-0.2, -0.15) is 12.6 Å². The normalized spacial score (nSPS) is 6.71. The zero-order chi connectivity index (χ0) is 12.0. The van der Waals surface area contributed by atoms with Crippen LogP contribution in [0.2, 0.25) is 0 Å². The third kappa shape index (κ3) is 73.0. The van der Waals surface area contributed by atoms with E-state index in [1.165, 1.54) is 0 Å². The first-order valence-electron chi connectivity index (χ1n) is 3.60. The SMILES string of the molecule is C=CC(N)=O.C=CC(N)=O.NCCS. The van der Waals surface area contributed by atoms with E-state index in [0.717, 1.165) is 17.9 Å². The second-order valence-electron chi connectivity index (χ2n) is 1.73. The Morgan fingerprint density at radius 1 is 1.14 bits per heavy atom. The maximum absolute atomic E-state index is 9.47. The van der Waals surface area contributed by atoms with Crippen molar-refractivity contribution in [3.8, 4) is 0 Å².